The van der Waals surface area contributed by atoms with Gasteiger partial charge in [-0.3, -0.25) is 29.5 Å². The van der Waals surface area contributed by atoms with Gasteiger partial charge in [-0.25, -0.2) is 4.39 Å². The number of piperidine rings is 1. The van der Waals surface area contributed by atoms with E-state index in [0.717, 1.165) is 4.90 Å². The van der Waals surface area contributed by atoms with E-state index in [1.807, 2.05) is 10.2 Å². The van der Waals surface area contributed by atoms with Crippen LogP contribution >= 0.6 is 0 Å². The lowest BCUT2D eigenvalue weighted by molar-refractivity contribution is -0.168. The Balaban J connectivity index is 1.37. The minimum Gasteiger partial charge on any atom is -0.504 e. The molecule has 0 aliphatic carbocycles. The average Bonchev–Trinajstić information content (AvgIpc) is 3.26. The number of phenolic OH excluding ortho intramolecular Hbond substituents is 3. The molecule has 13 heteroatoms. The van der Waals surface area contributed by atoms with Crippen LogP contribution in [0.15, 0.2) is 18.2 Å². The monoisotopic (exact) mass is 531 g/mol. The number of benzene rings is 2. The number of phenols is 3. The molecule has 0 aromatic heterocycles. The summed E-state index contributed by atoms with van der Waals surface area (Å²) in [7, 11) is 0. The number of imide groups is 1. The van der Waals surface area contributed by atoms with Gasteiger partial charge in [0.15, 0.2) is 23.1 Å². The number of hydrogen-bond donors (Lipinski definition) is 5. The highest BCUT2D eigenvalue weighted by atomic mass is 19.1. The van der Waals surface area contributed by atoms with E-state index in [0.29, 0.717) is 31.9 Å². The zero-order valence-corrected chi connectivity index (χ0v) is 20.2. The molecule has 2 aromatic carbocycles. The molecule has 0 bridgehead atoms. The average molecular weight is 531 g/mol. The van der Waals surface area contributed by atoms with Crippen LogP contribution in [0.5, 0.6) is 23.0 Å². The maximum Gasteiger partial charge on any atom is 0.279 e. The minimum atomic E-state index is -2.24. The molecule has 5 rings (SSSR count). The first kappa shape index (κ1) is 25.7. The van der Waals surface area contributed by atoms with E-state index in [4.69, 9.17) is 9.47 Å². The predicted octanol–water partition coefficient (Wildman–Crippen LogP) is 0.435. The smallest absolute Gasteiger partial charge is 0.279 e. The fraction of sp³-hybridized carbons (Fsp3) is 0.400. The Morgan fingerprint density at radius 2 is 1.76 bits per heavy atom. The lowest BCUT2D eigenvalue weighted by Gasteiger charge is -2.37. The van der Waals surface area contributed by atoms with Gasteiger partial charge in [0.1, 0.15) is 12.4 Å². The Kier molecular flexibility index (Phi) is 6.59. The van der Waals surface area contributed by atoms with E-state index in [1.54, 1.807) is 0 Å². The number of nitrogens with one attached hydrogen (secondary N) is 1. The second kappa shape index (κ2) is 9.74. The molecule has 12 nitrogen and oxygen atoms in total. The molecule has 5 N–H and O–H groups in total. The quantitative estimate of drug-likeness (QED) is 0.200. The fourth-order valence-corrected chi connectivity index (χ4v) is 4.88. The van der Waals surface area contributed by atoms with Gasteiger partial charge in [-0.2, -0.15) is 0 Å². The predicted molar refractivity (Wildman–Crippen MR) is 125 cm³/mol. The van der Waals surface area contributed by atoms with Gasteiger partial charge in [0.25, 0.3) is 11.8 Å². The number of morpholine rings is 1. The van der Waals surface area contributed by atoms with Crippen molar-refractivity contribution in [3.63, 3.8) is 0 Å². The van der Waals surface area contributed by atoms with Gasteiger partial charge < -0.3 is 29.9 Å². The number of hydrogen-bond acceptors (Lipinski definition) is 10. The van der Waals surface area contributed by atoms with Crippen LogP contribution in [0.25, 0.3) is 0 Å². The highest BCUT2D eigenvalue weighted by Gasteiger charge is 2.51. The highest BCUT2D eigenvalue weighted by Crippen LogP contribution is 2.43. The Labute approximate surface area is 215 Å². The van der Waals surface area contributed by atoms with Crippen LogP contribution in [0.3, 0.4) is 0 Å². The summed E-state index contributed by atoms with van der Waals surface area (Å²) in [6, 6.07) is 4.43. The lowest BCUT2D eigenvalue weighted by Crippen LogP contribution is -2.63. The lowest BCUT2D eigenvalue weighted by atomic mass is 10.00. The molecular formula is C25H26FN3O9. The second-order valence-electron chi connectivity index (χ2n) is 9.36. The van der Waals surface area contributed by atoms with Crippen LogP contribution in [0.2, 0.25) is 0 Å². The van der Waals surface area contributed by atoms with E-state index < -0.39 is 58.7 Å². The van der Waals surface area contributed by atoms with Gasteiger partial charge in [0, 0.05) is 43.6 Å². The summed E-state index contributed by atoms with van der Waals surface area (Å²) in [6.45, 7) is 1.07. The number of ether oxygens (including phenoxy) is 2. The molecule has 2 fully saturated rings. The Morgan fingerprint density at radius 3 is 2.47 bits per heavy atom. The molecule has 1 unspecified atom stereocenters. The maximum absolute atomic E-state index is 15.1. The summed E-state index contributed by atoms with van der Waals surface area (Å²) in [4.78, 5) is 39.7. The topological polar surface area (TPSA) is 169 Å². The van der Waals surface area contributed by atoms with E-state index >= 15 is 4.39 Å². The summed E-state index contributed by atoms with van der Waals surface area (Å²) >= 11 is 0. The molecule has 0 spiro atoms. The van der Waals surface area contributed by atoms with Crippen molar-refractivity contribution in [1.82, 2.24) is 15.1 Å². The normalized spacial score (nSPS) is 21.9. The van der Waals surface area contributed by atoms with Crippen LogP contribution in [-0.4, -0.2) is 80.0 Å². The molecule has 1 atom stereocenters. The van der Waals surface area contributed by atoms with Crippen LogP contribution in [0, 0.1) is 5.82 Å². The molecule has 3 heterocycles. The van der Waals surface area contributed by atoms with Crippen LogP contribution in [-0.2, 0) is 34.0 Å². The van der Waals surface area contributed by atoms with E-state index in [2.05, 4.69) is 0 Å². The van der Waals surface area contributed by atoms with Gasteiger partial charge in [-0.15, -0.1) is 0 Å². The first-order chi connectivity index (χ1) is 18.1. The Hall–Kier alpha value is -3.94. The van der Waals surface area contributed by atoms with Gasteiger partial charge in [-0.1, -0.05) is 6.07 Å². The standard InChI is InChI=1S/C25H26FN3O9/c26-19-16(22(33)21(32)15(20(19)31)10-28-6-8-37-9-7-28)12-38-17-3-1-2-13-14(17)11-29(23(13)34)25(36)5-4-18(30)27-24(25)35/h1-3,31-33,36H,4-12H2,(H,27,30,35). The van der Waals surface area contributed by atoms with Crippen LogP contribution in [0.4, 0.5) is 4.39 Å². The molecule has 0 saturated carbocycles. The molecule has 3 amide bonds. The van der Waals surface area contributed by atoms with Gasteiger partial charge in [-0.05, 0) is 12.1 Å². The van der Waals surface area contributed by atoms with E-state index in [9.17, 15) is 34.8 Å². The minimum absolute atomic E-state index is 0.00112. The van der Waals surface area contributed by atoms with Crippen LogP contribution < -0.4 is 10.1 Å². The second-order valence-corrected chi connectivity index (χ2v) is 9.36. The van der Waals surface area contributed by atoms with Gasteiger partial charge in [0.2, 0.25) is 11.6 Å². The third-order valence-electron chi connectivity index (χ3n) is 7.10. The third kappa shape index (κ3) is 4.27. The van der Waals surface area contributed by atoms with Crippen molar-refractivity contribution >= 4 is 17.7 Å². The fourth-order valence-electron chi connectivity index (χ4n) is 4.88. The molecule has 2 aromatic rings. The number of halogens is 1. The van der Waals surface area contributed by atoms with Crippen molar-refractivity contribution in [2.75, 3.05) is 26.3 Å². The summed E-state index contributed by atoms with van der Waals surface area (Å²) in [5.74, 6) is -5.56. The number of carbonyl (C=O) groups is 3. The van der Waals surface area contributed by atoms with Crippen molar-refractivity contribution < 1.29 is 48.7 Å². The summed E-state index contributed by atoms with van der Waals surface area (Å²) in [5.41, 5.74) is -2.46. The largest absolute Gasteiger partial charge is 0.504 e. The number of aliphatic hydroxyl groups is 1. The number of nitrogens with zero attached hydrogens (tertiary/aromatic N) is 2. The number of rotatable bonds is 6. The van der Waals surface area contributed by atoms with E-state index in [1.165, 1.54) is 18.2 Å². The first-order valence-electron chi connectivity index (χ1n) is 12.0. The van der Waals surface area contributed by atoms with Crippen molar-refractivity contribution in [3.8, 4) is 23.0 Å². The highest BCUT2D eigenvalue weighted by molar-refractivity contribution is 6.07. The number of aromatic hydroxyl groups is 3. The Morgan fingerprint density at radius 1 is 1.05 bits per heavy atom. The van der Waals surface area contributed by atoms with Gasteiger partial charge in [0.05, 0.1) is 30.9 Å². The molecule has 0 radical (unpaired) electrons. The zero-order valence-electron chi connectivity index (χ0n) is 20.2. The molecule has 2 saturated heterocycles. The summed E-state index contributed by atoms with van der Waals surface area (Å²) in [6.07, 6.45) is -0.430. The Bertz CT molecular complexity index is 1300. The number of fused-ring (bicyclic) bond motifs is 1. The molecule has 202 valence electrons. The van der Waals surface area contributed by atoms with Crippen molar-refractivity contribution in [3.05, 3.63) is 46.3 Å². The number of carbonyl (C=O) groups excluding carboxylic acids is 3. The first-order valence-corrected chi connectivity index (χ1v) is 12.0. The SMILES string of the molecule is O=C1CCC(O)(N2Cc3c(OCc4c(O)c(O)c(CN5CCOCC5)c(O)c4F)cccc3C2=O)C(=O)N1. The van der Waals surface area contributed by atoms with Crippen molar-refractivity contribution in [2.24, 2.45) is 0 Å². The molecule has 3 aliphatic rings. The zero-order chi connectivity index (χ0) is 27.2. The van der Waals surface area contributed by atoms with E-state index in [-0.39, 0.29) is 42.8 Å². The third-order valence-corrected chi connectivity index (χ3v) is 7.10. The molecule has 3 aliphatic heterocycles. The summed E-state index contributed by atoms with van der Waals surface area (Å²) in [5, 5.41) is 44.5. The molecular weight excluding hydrogens is 505 g/mol. The van der Waals surface area contributed by atoms with Crippen molar-refractivity contribution in [2.45, 2.75) is 38.3 Å². The van der Waals surface area contributed by atoms with Crippen LogP contribution in [0.1, 0.15) is 39.9 Å². The maximum atomic E-state index is 15.1. The molecule has 38 heavy (non-hydrogen) atoms. The number of amides is 3. The summed E-state index contributed by atoms with van der Waals surface area (Å²) < 4.78 is 26.1. The van der Waals surface area contributed by atoms with Gasteiger partial charge >= 0.3 is 0 Å². The van der Waals surface area contributed by atoms with Crippen molar-refractivity contribution in [1.29, 1.82) is 0 Å².